The molecule has 1 heterocycles. The van der Waals surface area contributed by atoms with E-state index in [1.165, 1.54) is 0 Å². The van der Waals surface area contributed by atoms with Gasteiger partial charge in [0.25, 0.3) is 0 Å². The van der Waals surface area contributed by atoms with E-state index >= 15 is 0 Å². The van der Waals surface area contributed by atoms with E-state index in [1.54, 1.807) is 4.90 Å². The molecule has 2 aliphatic carbocycles. The molecule has 1 saturated heterocycles. The molecular formula is C10H13NO3. The average molecular weight is 195 g/mol. The van der Waals surface area contributed by atoms with E-state index in [0.717, 1.165) is 12.8 Å². The maximum atomic E-state index is 11.8. The summed E-state index contributed by atoms with van der Waals surface area (Å²) in [4.78, 5) is 24.6. The zero-order valence-electron chi connectivity index (χ0n) is 8.01. The number of fused-ring (bicyclic) bond motifs is 1. The first-order chi connectivity index (χ1) is 6.61. The van der Waals surface area contributed by atoms with Crippen molar-refractivity contribution in [2.45, 2.75) is 18.9 Å². The van der Waals surface area contributed by atoms with Gasteiger partial charge >= 0.3 is 5.97 Å². The van der Waals surface area contributed by atoms with Crippen molar-refractivity contribution in [3.05, 3.63) is 0 Å². The molecule has 14 heavy (non-hydrogen) atoms. The highest BCUT2D eigenvalue weighted by atomic mass is 16.4. The summed E-state index contributed by atoms with van der Waals surface area (Å²) in [6.07, 6.45) is 1.85. The predicted octanol–water partition coefficient (Wildman–Crippen LogP) is 0.184. The minimum absolute atomic E-state index is 0.0624. The quantitative estimate of drug-likeness (QED) is 0.649. The van der Waals surface area contributed by atoms with Crippen molar-refractivity contribution in [3.8, 4) is 0 Å². The molecule has 3 rings (SSSR count). The van der Waals surface area contributed by atoms with Crippen molar-refractivity contribution in [1.82, 2.24) is 4.90 Å². The van der Waals surface area contributed by atoms with Crippen LogP contribution in [0.2, 0.25) is 0 Å². The highest BCUT2D eigenvalue weighted by molar-refractivity contribution is 5.89. The van der Waals surface area contributed by atoms with Crippen LogP contribution in [0.5, 0.6) is 0 Å². The molecule has 5 atom stereocenters. The third kappa shape index (κ3) is 0.713. The number of carbonyl (C=O) groups is 2. The maximum absolute atomic E-state index is 11.8. The normalized spacial score (nSPS) is 49.1. The number of aliphatic carboxylic acids is 1. The summed E-state index contributed by atoms with van der Waals surface area (Å²) in [6.45, 7) is 0. The first-order valence-electron chi connectivity index (χ1n) is 5.10. The zero-order valence-corrected chi connectivity index (χ0v) is 8.01. The average Bonchev–Trinajstić information content (AvgIpc) is 2.73. The Kier molecular flexibility index (Phi) is 1.36. The lowest BCUT2D eigenvalue weighted by molar-refractivity contribution is -0.148. The summed E-state index contributed by atoms with van der Waals surface area (Å²) in [5, 5.41) is 9.09. The van der Waals surface area contributed by atoms with Crippen molar-refractivity contribution in [2.75, 3.05) is 7.05 Å². The molecule has 1 amide bonds. The minimum atomic E-state index is -0.774. The Morgan fingerprint density at radius 3 is 2.86 bits per heavy atom. The van der Waals surface area contributed by atoms with E-state index in [-0.39, 0.29) is 17.7 Å². The second-order valence-electron chi connectivity index (χ2n) is 4.80. The van der Waals surface area contributed by atoms with E-state index in [1.807, 2.05) is 7.05 Å². The summed E-state index contributed by atoms with van der Waals surface area (Å²) in [5.74, 6) is -0.730. The van der Waals surface area contributed by atoms with Crippen LogP contribution < -0.4 is 0 Å². The summed E-state index contributed by atoms with van der Waals surface area (Å²) in [5.41, 5.74) is 0. The molecule has 1 N–H and O–H groups in total. The summed E-state index contributed by atoms with van der Waals surface area (Å²) >= 11 is 0. The number of carboxylic acids is 1. The molecule has 4 nitrogen and oxygen atoms in total. The Labute approximate surface area is 81.9 Å². The second-order valence-corrected chi connectivity index (χ2v) is 4.80. The molecule has 0 spiro atoms. The fourth-order valence-corrected chi connectivity index (χ4v) is 3.86. The van der Waals surface area contributed by atoms with Crippen LogP contribution in [-0.2, 0) is 9.59 Å². The lowest BCUT2D eigenvalue weighted by Gasteiger charge is -2.23. The van der Waals surface area contributed by atoms with Gasteiger partial charge in [-0.05, 0) is 24.7 Å². The van der Waals surface area contributed by atoms with Gasteiger partial charge in [-0.25, -0.2) is 0 Å². The number of rotatable bonds is 1. The van der Waals surface area contributed by atoms with E-state index in [4.69, 9.17) is 5.11 Å². The standard InChI is InChI=1S/C10H13NO3/c1-11-6-3-4-2-5(6)8(9(11)12)7(4)10(13)14/h4-8H,2-3H2,1H3,(H,13,14). The fourth-order valence-electron chi connectivity index (χ4n) is 3.86. The number of carbonyl (C=O) groups excluding carboxylic acids is 1. The van der Waals surface area contributed by atoms with Crippen LogP contribution in [0, 0.1) is 23.7 Å². The summed E-state index contributed by atoms with van der Waals surface area (Å²) in [6, 6.07) is 0.341. The summed E-state index contributed by atoms with van der Waals surface area (Å²) in [7, 11) is 1.81. The van der Waals surface area contributed by atoms with Crippen LogP contribution >= 0.6 is 0 Å². The number of hydrogen-bond donors (Lipinski definition) is 1. The Morgan fingerprint density at radius 1 is 1.50 bits per heavy atom. The molecule has 0 aromatic carbocycles. The van der Waals surface area contributed by atoms with Gasteiger partial charge in [-0.2, -0.15) is 0 Å². The first-order valence-corrected chi connectivity index (χ1v) is 5.10. The van der Waals surface area contributed by atoms with Crippen LogP contribution in [0.1, 0.15) is 12.8 Å². The monoisotopic (exact) mass is 195 g/mol. The van der Waals surface area contributed by atoms with Crippen molar-refractivity contribution < 1.29 is 14.7 Å². The number of carboxylic acid groups (broad SMARTS) is 1. The molecule has 76 valence electrons. The molecule has 3 aliphatic rings. The van der Waals surface area contributed by atoms with Crippen LogP contribution in [-0.4, -0.2) is 35.0 Å². The van der Waals surface area contributed by atoms with Gasteiger partial charge in [-0.1, -0.05) is 0 Å². The van der Waals surface area contributed by atoms with E-state index in [0.29, 0.717) is 12.0 Å². The predicted molar refractivity (Wildman–Crippen MR) is 47.4 cm³/mol. The molecule has 0 aromatic rings. The Morgan fingerprint density at radius 2 is 2.21 bits per heavy atom. The van der Waals surface area contributed by atoms with Gasteiger partial charge in [0, 0.05) is 13.1 Å². The minimum Gasteiger partial charge on any atom is -0.481 e. The van der Waals surface area contributed by atoms with Crippen LogP contribution in [0.4, 0.5) is 0 Å². The van der Waals surface area contributed by atoms with E-state index < -0.39 is 11.9 Å². The first kappa shape index (κ1) is 8.26. The van der Waals surface area contributed by atoms with Crippen LogP contribution in [0.25, 0.3) is 0 Å². The smallest absolute Gasteiger partial charge is 0.307 e. The van der Waals surface area contributed by atoms with Crippen molar-refractivity contribution in [2.24, 2.45) is 23.7 Å². The molecule has 4 heteroatoms. The highest BCUT2D eigenvalue weighted by Crippen LogP contribution is 2.58. The molecule has 2 saturated carbocycles. The van der Waals surface area contributed by atoms with Gasteiger partial charge in [-0.3, -0.25) is 9.59 Å². The van der Waals surface area contributed by atoms with Crippen molar-refractivity contribution in [3.63, 3.8) is 0 Å². The molecule has 2 bridgehead atoms. The van der Waals surface area contributed by atoms with Gasteiger partial charge in [0.1, 0.15) is 0 Å². The lowest BCUT2D eigenvalue weighted by atomic mass is 9.80. The van der Waals surface area contributed by atoms with E-state index in [9.17, 15) is 9.59 Å². The van der Waals surface area contributed by atoms with Crippen LogP contribution in [0.3, 0.4) is 0 Å². The number of likely N-dealkylation sites (tertiary alicyclic amines) is 1. The number of nitrogens with zero attached hydrogens (tertiary/aromatic N) is 1. The second kappa shape index (κ2) is 2.30. The van der Waals surface area contributed by atoms with Gasteiger partial charge in [-0.15, -0.1) is 0 Å². The Bertz CT molecular complexity index is 327. The molecule has 0 aromatic heterocycles. The molecule has 3 fully saturated rings. The highest BCUT2D eigenvalue weighted by Gasteiger charge is 2.64. The number of hydrogen-bond acceptors (Lipinski definition) is 2. The fraction of sp³-hybridized carbons (Fsp3) is 0.800. The molecule has 1 aliphatic heterocycles. The van der Waals surface area contributed by atoms with Crippen LogP contribution in [0.15, 0.2) is 0 Å². The van der Waals surface area contributed by atoms with Gasteiger partial charge in [0.15, 0.2) is 0 Å². The maximum Gasteiger partial charge on any atom is 0.307 e. The van der Waals surface area contributed by atoms with E-state index in [2.05, 4.69) is 0 Å². The third-order valence-electron chi connectivity index (χ3n) is 4.38. The van der Waals surface area contributed by atoms with Gasteiger partial charge in [0.05, 0.1) is 11.8 Å². The Balaban J connectivity index is 2.02. The Hall–Kier alpha value is -1.06. The van der Waals surface area contributed by atoms with Crippen molar-refractivity contribution in [1.29, 1.82) is 0 Å². The lowest BCUT2D eigenvalue weighted by Crippen LogP contribution is -2.31. The van der Waals surface area contributed by atoms with Gasteiger partial charge in [0.2, 0.25) is 5.91 Å². The molecular weight excluding hydrogens is 182 g/mol. The largest absolute Gasteiger partial charge is 0.481 e. The topological polar surface area (TPSA) is 57.6 Å². The molecule has 0 radical (unpaired) electrons. The summed E-state index contributed by atoms with van der Waals surface area (Å²) < 4.78 is 0. The third-order valence-corrected chi connectivity index (χ3v) is 4.38. The SMILES string of the molecule is CN1C(=O)C2C3CC(CC31)C2C(=O)O. The van der Waals surface area contributed by atoms with Crippen molar-refractivity contribution >= 4 is 11.9 Å². The van der Waals surface area contributed by atoms with Gasteiger partial charge < -0.3 is 10.0 Å². The molecule has 5 unspecified atom stereocenters. The zero-order chi connectivity index (χ0) is 10.0. The number of amides is 1.